The molecule has 0 N–H and O–H groups in total. The molecule has 86 valence electrons. The third-order valence-corrected chi connectivity index (χ3v) is 3.35. The summed E-state index contributed by atoms with van der Waals surface area (Å²) in [6.45, 7) is 5.41. The van der Waals surface area contributed by atoms with E-state index in [0.29, 0.717) is 5.92 Å². The van der Waals surface area contributed by atoms with Crippen LogP contribution in [0.1, 0.15) is 36.9 Å². The van der Waals surface area contributed by atoms with Gasteiger partial charge >= 0.3 is 0 Å². The fourth-order valence-corrected chi connectivity index (χ4v) is 2.25. The molecule has 1 fully saturated rings. The third-order valence-electron chi connectivity index (χ3n) is 3.35. The summed E-state index contributed by atoms with van der Waals surface area (Å²) in [6, 6.07) is 4.23. The molecule has 0 unspecified atom stereocenters. The number of aryl methyl sites for hydroxylation is 1. The van der Waals surface area contributed by atoms with E-state index in [9.17, 15) is 4.79 Å². The van der Waals surface area contributed by atoms with Gasteiger partial charge in [0.2, 0.25) is 5.91 Å². The number of rotatable bonds is 1. The lowest BCUT2D eigenvalue weighted by atomic mass is 9.90. The van der Waals surface area contributed by atoms with Crippen LogP contribution in [-0.2, 0) is 4.79 Å². The number of hydrogen-bond donors (Lipinski definition) is 0. The Balaban J connectivity index is 1.99. The Morgan fingerprint density at radius 2 is 2.06 bits per heavy atom. The maximum atomic E-state index is 11.2. The van der Waals surface area contributed by atoms with Crippen molar-refractivity contribution in [3.05, 3.63) is 29.6 Å². The molecule has 3 heteroatoms. The number of carbonyl (C=O) groups is 1. The summed E-state index contributed by atoms with van der Waals surface area (Å²) in [5.74, 6) is 0.768. The van der Waals surface area contributed by atoms with E-state index in [1.54, 1.807) is 6.92 Å². The number of amides is 1. The van der Waals surface area contributed by atoms with E-state index in [0.717, 1.165) is 31.6 Å². The Morgan fingerprint density at radius 1 is 1.38 bits per heavy atom. The van der Waals surface area contributed by atoms with Crippen molar-refractivity contribution in [3.8, 4) is 0 Å². The van der Waals surface area contributed by atoms with Gasteiger partial charge in [-0.1, -0.05) is 6.07 Å². The quantitative estimate of drug-likeness (QED) is 0.723. The molecule has 0 saturated carbocycles. The molecule has 0 atom stereocenters. The first-order valence-electron chi connectivity index (χ1n) is 5.85. The second-order valence-corrected chi connectivity index (χ2v) is 4.51. The highest BCUT2D eigenvalue weighted by atomic mass is 16.2. The van der Waals surface area contributed by atoms with Gasteiger partial charge in [0.25, 0.3) is 0 Å². The predicted molar refractivity (Wildman–Crippen MR) is 63.2 cm³/mol. The third kappa shape index (κ3) is 2.40. The highest BCUT2D eigenvalue weighted by molar-refractivity contribution is 5.73. The van der Waals surface area contributed by atoms with Crippen molar-refractivity contribution in [2.24, 2.45) is 0 Å². The number of aromatic nitrogens is 1. The van der Waals surface area contributed by atoms with Gasteiger partial charge in [0.05, 0.1) is 0 Å². The van der Waals surface area contributed by atoms with Crippen molar-refractivity contribution in [1.82, 2.24) is 9.88 Å². The van der Waals surface area contributed by atoms with Gasteiger partial charge in [0.1, 0.15) is 0 Å². The molecule has 2 heterocycles. The molecule has 0 aliphatic carbocycles. The summed E-state index contributed by atoms with van der Waals surface area (Å²) in [4.78, 5) is 17.5. The van der Waals surface area contributed by atoms with Crippen LogP contribution in [0.4, 0.5) is 0 Å². The first-order chi connectivity index (χ1) is 7.66. The van der Waals surface area contributed by atoms with Gasteiger partial charge in [-0.15, -0.1) is 0 Å². The van der Waals surface area contributed by atoms with Gasteiger partial charge in [-0.05, 0) is 37.3 Å². The molecule has 2 rings (SSSR count). The fraction of sp³-hybridized carbons (Fsp3) is 0.538. The average molecular weight is 218 g/mol. The van der Waals surface area contributed by atoms with Crippen LogP contribution in [0.2, 0.25) is 0 Å². The van der Waals surface area contributed by atoms with Crippen molar-refractivity contribution < 1.29 is 4.79 Å². The smallest absolute Gasteiger partial charge is 0.219 e. The van der Waals surface area contributed by atoms with Gasteiger partial charge in [0, 0.05) is 31.9 Å². The van der Waals surface area contributed by atoms with E-state index in [4.69, 9.17) is 0 Å². The van der Waals surface area contributed by atoms with Crippen molar-refractivity contribution in [2.75, 3.05) is 13.1 Å². The van der Waals surface area contributed by atoms with Crippen LogP contribution >= 0.6 is 0 Å². The Labute approximate surface area is 96.5 Å². The SMILES string of the molecule is CC(=O)N1CCC(c2ccc(C)nc2)CC1. The normalized spacial score (nSPS) is 17.5. The minimum absolute atomic E-state index is 0.195. The highest BCUT2D eigenvalue weighted by Gasteiger charge is 2.21. The maximum absolute atomic E-state index is 11.2. The Kier molecular flexibility index (Phi) is 3.22. The minimum atomic E-state index is 0.195. The van der Waals surface area contributed by atoms with Crippen LogP contribution in [0.25, 0.3) is 0 Å². The summed E-state index contributed by atoms with van der Waals surface area (Å²) in [6.07, 6.45) is 4.10. The molecule has 1 aliphatic rings. The van der Waals surface area contributed by atoms with Crippen molar-refractivity contribution in [2.45, 2.75) is 32.6 Å². The van der Waals surface area contributed by atoms with Crippen molar-refractivity contribution in [3.63, 3.8) is 0 Å². The van der Waals surface area contributed by atoms with Crippen LogP contribution in [-0.4, -0.2) is 28.9 Å². The second kappa shape index (κ2) is 4.64. The maximum Gasteiger partial charge on any atom is 0.219 e. The first kappa shape index (κ1) is 11.1. The summed E-state index contributed by atoms with van der Waals surface area (Å²) >= 11 is 0. The molecule has 1 aromatic heterocycles. The van der Waals surface area contributed by atoms with Gasteiger partial charge < -0.3 is 4.90 Å². The van der Waals surface area contributed by atoms with Gasteiger partial charge in [0.15, 0.2) is 0 Å². The van der Waals surface area contributed by atoms with E-state index in [1.807, 2.05) is 18.0 Å². The van der Waals surface area contributed by atoms with Crippen molar-refractivity contribution >= 4 is 5.91 Å². The molecule has 0 spiro atoms. The van der Waals surface area contributed by atoms with E-state index in [2.05, 4.69) is 17.1 Å². The number of piperidine rings is 1. The average Bonchev–Trinajstić information content (AvgIpc) is 2.30. The van der Waals surface area contributed by atoms with E-state index >= 15 is 0 Å². The zero-order valence-corrected chi connectivity index (χ0v) is 9.94. The summed E-state index contributed by atoms with van der Waals surface area (Å²) in [5.41, 5.74) is 2.37. The molecular weight excluding hydrogens is 200 g/mol. The molecule has 1 amide bonds. The lowest BCUT2D eigenvalue weighted by molar-refractivity contribution is -0.129. The van der Waals surface area contributed by atoms with Gasteiger partial charge in [-0.2, -0.15) is 0 Å². The lowest BCUT2D eigenvalue weighted by Crippen LogP contribution is -2.36. The number of likely N-dealkylation sites (tertiary alicyclic amines) is 1. The topological polar surface area (TPSA) is 33.2 Å². The van der Waals surface area contributed by atoms with Gasteiger partial charge in [-0.3, -0.25) is 9.78 Å². The Hall–Kier alpha value is -1.38. The van der Waals surface area contributed by atoms with E-state index in [1.165, 1.54) is 5.56 Å². The number of nitrogens with zero attached hydrogens (tertiary/aromatic N) is 2. The first-order valence-corrected chi connectivity index (χ1v) is 5.85. The molecule has 1 aromatic rings. The molecule has 16 heavy (non-hydrogen) atoms. The second-order valence-electron chi connectivity index (χ2n) is 4.51. The zero-order valence-electron chi connectivity index (χ0n) is 9.94. The number of carbonyl (C=O) groups excluding carboxylic acids is 1. The van der Waals surface area contributed by atoms with Crippen LogP contribution < -0.4 is 0 Å². The summed E-state index contributed by atoms with van der Waals surface area (Å²) in [5, 5.41) is 0. The molecule has 0 aromatic carbocycles. The van der Waals surface area contributed by atoms with Crippen LogP contribution in [0.3, 0.4) is 0 Å². The molecule has 1 aliphatic heterocycles. The minimum Gasteiger partial charge on any atom is -0.343 e. The molecule has 0 radical (unpaired) electrons. The fourth-order valence-electron chi connectivity index (χ4n) is 2.25. The van der Waals surface area contributed by atoms with E-state index in [-0.39, 0.29) is 5.91 Å². The monoisotopic (exact) mass is 218 g/mol. The van der Waals surface area contributed by atoms with E-state index < -0.39 is 0 Å². The Bertz CT molecular complexity index is 364. The van der Waals surface area contributed by atoms with Crippen LogP contribution in [0, 0.1) is 6.92 Å². The van der Waals surface area contributed by atoms with Crippen LogP contribution in [0.15, 0.2) is 18.3 Å². The Morgan fingerprint density at radius 3 is 2.56 bits per heavy atom. The number of pyridine rings is 1. The molecule has 3 nitrogen and oxygen atoms in total. The summed E-state index contributed by atoms with van der Waals surface area (Å²) in [7, 11) is 0. The van der Waals surface area contributed by atoms with Crippen molar-refractivity contribution in [1.29, 1.82) is 0 Å². The molecular formula is C13H18N2O. The standard InChI is InChI=1S/C13H18N2O/c1-10-3-4-13(9-14-10)12-5-7-15(8-6-12)11(2)16/h3-4,9,12H,5-8H2,1-2H3. The molecule has 0 bridgehead atoms. The zero-order chi connectivity index (χ0) is 11.5. The summed E-state index contributed by atoms with van der Waals surface area (Å²) < 4.78 is 0. The highest BCUT2D eigenvalue weighted by Crippen LogP contribution is 2.27. The lowest BCUT2D eigenvalue weighted by Gasteiger charge is -2.31. The van der Waals surface area contributed by atoms with Crippen LogP contribution in [0.5, 0.6) is 0 Å². The molecule has 1 saturated heterocycles. The predicted octanol–water partition coefficient (Wildman–Crippen LogP) is 2.12. The largest absolute Gasteiger partial charge is 0.343 e. The number of hydrogen-bond acceptors (Lipinski definition) is 2. The van der Waals surface area contributed by atoms with Gasteiger partial charge in [-0.25, -0.2) is 0 Å².